The van der Waals surface area contributed by atoms with Crippen LogP contribution >= 0.6 is 34.7 Å². The Bertz CT molecular complexity index is 1320. The normalized spacial score (nSPS) is 13.3. The zero-order valence-electron chi connectivity index (χ0n) is 17.1. The van der Waals surface area contributed by atoms with Crippen LogP contribution in [0, 0.1) is 5.82 Å². The fourth-order valence-electron chi connectivity index (χ4n) is 2.65. The summed E-state index contributed by atoms with van der Waals surface area (Å²) in [6, 6.07) is 1.03. The van der Waals surface area contributed by atoms with Crippen molar-refractivity contribution in [3.8, 4) is 5.69 Å². The van der Waals surface area contributed by atoms with Gasteiger partial charge in [-0.15, -0.1) is 11.3 Å². The molecule has 0 aliphatic heterocycles. The van der Waals surface area contributed by atoms with Gasteiger partial charge in [-0.2, -0.15) is 0 Å². The number of hydrogen-bond donors (Lipinski definition) is 1. The second kappa shape index (κ2) is 10.2. The first-order valence-corrected chi connectivity index (χ1v) is 11.7. The summed E-state index contributed by atoms with van der Waals surface area (Å²) >= 11 is 8.58. The van der Waals surface area contributed by atoms with Crippen molar-refractivity contribution >= 4 is 45.0 Å². The van der Waals surface area contributed by atoms with Crippen LogP contribution in [0.1, 0.15) is 27.2 Å². The average molecular weight is 479 g/mol. The SMILES string of the molecule is C\C=C(Cl)/C=C\C(CSc1nc2ncsc2c(=O)n1-c1c[nH]c(=O)c(F)c1)=C(\C)CC. The van der Waals surface area contributed by atoms with E-state index in [9.17, 15) is 14.0 Å². The highest BCUT2D eigenvalue weighted by Gasteiger charge is 2.17. The van der Waals surface area contributed by atoms with E-state index in [-0.39, 0.29) is 11.2 Å². The third-order valence-corrected chi connectivity index (χ3v) is 6.73. The van der Waals surface area contributed by atoms with Gasteiger partial charge in [0.15, 0.2) is 16.6 Å². The molecule has 3 aromatic heterocycles. The molecule has 0 unspecified atom stereocenters. The number of thioether (sulfide) groups is 1. The third-order valence-electron chi connectivity index (χ3n) is 4.59. The van der Waals surface area contributed by atoms with Crippen LogP contribution in [0.25, 0.3) is 16.0 Å². The first-order chi connectivity index (χ1) is 14.8. The molecule has 0 saturated carbocycles. The highest BCUT2D eigenvalue weighted by Crippen LogP contribution is 2.26. The molecular weight excluding hydrogens is 459 g/mol. The standard InChI is InChI=1S/C21H20ClFN4O2S2/c1-4-12(3)13(6-7-14(22)5-2)10-30-21-26-18-17(31-11-25-18)20(29)27(21)15-8-16(23)19(28)24-9-15/h5-9,11H,4,10H2,1-3H3,(H,24,28)/b7-6-,13-12+,14-5+. The van der Waals surface area contributed by atoms with Gasteiger partial charge >= 0.3 is 0 Å². The summed E-state index contributed by atoms with van der Waals surface area (Å²) in [7, 11) is 0. The van der Waals surface area contributed by atoms with Crippen LogP contribution in [0.2, 0.25) is 0 Å². The van der Waals surface area contributed by atoms with Gasteiger partial charge in [0.1, 0.15) is 4.70 Å². The van der Waals surface area contributed by atoms with E-state index in [4.69, 9.17) is 11.6 Å². The number of hydrogen-bond acceptors (Lipinski definition) is 6. The lowest BCUT2D eigenvalue weighted by atomic mass is 10.1. The topological polar surface area (TPSA) is 80.6 Å². The van der Waals surface area contributed by atoms with Crippen molar-refractivity contribution in [1.82, 2.24) is 19.5 Å². The molecule has 10 heteroatoms. The lowest BCUT2D eigenvalue weighted by molar-refractivity contribution is 0.605. The molecule has 0 amide bonds. The number of pyridine rings is 1. The van der Waals surface area contributed by atoms with E-state index < -0.39 is 11.4 Å². The number of allylic oxidation sites excluding steroid dienone is 5. The molecule has 162 valence electrons. The molecule has 0 aromatic carbocycles. The summed E-state index contributed by atoms with van der Waals surface area (Å²) < 4.78 is 15.6. The molecule has 0 atom stereocenters. The largest absolute Gasteiger partial charge is 0.324 e. The highest BCUT2D eigenvalue weighted by molar-refractivity contribution is 7.99. The van der Waals surface area contributed by atoms with E-state index in [1.807, 2.05) is 26.0 Å². The Kier molecular flexibility index (Phi) is 7.64. The van der Waals surface area contributed by atoms with Crippen LogP contribution in [-0.4, -0.2) is 25.3 Å². The molecule has 0 saturated heterocycles. The summed E-state index contributed by atoms with van der Waals surface area (Å²) in [5, 5.41) is 0.968. The minimum atomic E-state index is -0.976. The Morgan fingerprint density at radius 2 is 2.16 bits per heavy atom. The molecule has 0 aliphatic rings. The summed E-state index contributed by atoms with van der Waals surface area (Å²) in [5.41, 5.74) is 3.06. The Morgan fingerprint density at radius 1 is 1.39 bits per heavy atom. The molecule has 0 aliphatic carbocycles. The Hall–Kier alpha value is -2.49. The van der Waals surface area contributed by atoms with Crippen LogP contribution in [-0.2, 0) is 0 Å². The summed E-state index contributed by atoms with van der Waals surface area (Å²) in [5.74, 6) is -0.464. The highest BCUT2D eigenvalue weighted by atomic mass is 35.5. The number of halogens is 2. The lowest BCUT2D eigenvalue weighted by Gasteiger charge is -2.13. The fraction of sp³-hybridized carbons (Fsp3) is 0.238. The molecule has 0 bridgehead atoms. The summed E-state index contributed by atoms with van der Waals surface area (Å²) in [6.45, 7) is 5.95. The Morgan fingerprint density at radius 3 is 2.84 bits per heavy atom. The van der Waals surface area contributed by atoms with Crippen molar-refractivity contribution in [1.29, 1.82) is 0 Å². The quantitative estimate of drug-likeness (QED) is 0.287. The predicted octanol–water partition coefficient (Wildman–Crippen LogP) is 5.19. The molecule has 3 rings (SSSR count). The molecule has 0 radical (unpaired) electrons. The van der Waals surface area contributed by atoms with Crippen LogP contribution in [0.3, 0.4) is 0 Å². The molecule has 31 heavy (non-hydrogen) atoms. The number of fused-ring (bicyclic) bond motifs is 1. The first-order valence-electron chi connectivity index (χ1n) is 9.41. The maximum atomic E-state index is 13.9. The number of nitrogens with one attached hydrogen (secondary N) is 1. The second-order valence-corrected chi connectivity index (χ2v) is 8.76. The second-order valence-electron chi connectivity index (χ2n) is 6.53. The number of thiazole rings is 1. The maximum absolute atomic E-state index is 13.9. The Balaban J connectivity index is 2.08. The van der Waals surface area contributed by atoms with Gasteiger partial charge in [0, 0.05) is 23.0 Å². The van der Waals surface area contributed by atoms with Crippen molar-refractivity contribution in [2.45, 2.75) is 32.3 Å². The maximum Gasteiger partial charge on any atom is 0.284 e. The van der Waals surface area contributed by atoms with Crippen LogP contribution in [0.4, 0.5) is 4.39 Å². The van der Waals surface area contributed by atoms with Crippen molar-refractivity contribution in [3.63, 3.8) is 0 Å². The Labute approximate surface area is 191 Å². The van der Waals surface area contributed by atoms with E-state index in [1.165, 1.54) is 28.1 Å². The fourth-order valence-corrected chi connectivity index (χ4v) is 4.47. The number of aromatic nitrogens is 4. The summed E-state index contributed by atoms with van der Waals surface area (Å²) in [4.78, 5) is 35.5. The molecule has 0 fully saturated rings. The zero-order chi connectivity index (χ0) is 22.5. The molecule has 6 nitrogen and oxygen atoms in total. The van der Waals surface area contributed by atoms with Gasteiger partial charge in [0.2, 0.25) is 0 Å². The van der Waals surface area contributed by atoms with Gasteiger partial charge in [0.25, 0.3) is 11.1 Å². The van der Waals surface area contributed by atoms with Gasteiger partial charge in [-0.05, 0) is 31.9 Å². The van der Waals surface area contributed by atoms with Gasteiger partial charge < -0.3 is 4.98 Å². The summed E-state index contributed by atoms with van der Waals surface area (Å²) in [6.07, 6.45) is 7.70. The molecule has 3 heterocycles. The number of H-pyrrole nitrogens is 1. The molecule has 1 N–H and O–H groups in total. The van der Waals surface area contributed by atoms with E-state index in [0.717, 1.165) is 29.4 Å². The molecular formula is C21H20ClFN4O2S2. The van der Waals surface area contributed by atoms with Crippen LogP contribution in [0.5, 0.6) is 0 Å². The van der Waals surface area contributed by atoms with Crippen molar-refractivity contribution in [2.75, 3.05) is 5.75 Å². The van der Waals surface area contributed by atoms with Crippen LogP contribution < -0.4 is 11.1 Å². The minimum absolute atomic E-state index is 0.192. The molecule has 0 spiro atoms. The van der Waals surface area contributed by atoms with E-state index >= 15 is 0 Å². The third kappa shape index (κ3) is 5.23. The predicted molar refractivity (Wildman–Crippen MR) is 126 cm³/mol. The number of nitrogens with zero attached hydrogens (tertiary/aromatic N) is 3. The van der Waals surface area contributed by atoms with Crippen LogP contribution in [0.15, 0.2) is 66.9 Å². The van der Waals surface area contributed by atoms with E-state index in [0.29, 0.717) is 26.3 Å². The average Bonchev–Trinajstić information content (AvgIpc) is 3.24. The van der Waals surface area contributed by atoms with E-state index in [2.05, 4.69) is 21.9 Å². The lowest BCUT2D eigenvalue weighted by Crippen LogP contribution is -2.23. The van der Waals surface area contributed by atoms with Crippen molar-refractivity contribution in [3.05, 3.63) is 78.7 Å². The monoisotopic (exact) mass is 478 g/mol. The zero-order valence-corrected chi connectivity index (χ0v) is 19.5. The number of rotatable bonds is 7. The van der Waals surface area contributed by atoms with Gasteiger partial charge in [-0.25, -0.2) is 14.4 Å². The first kappa shape index (κ1) is 23.2. The minimum Gasteiger partial charge on any atom is -0.324 e. The smallest absolute Gasteiger partial charge is 0.284 e. The molecule has 3 aromatic rings. The number of aromatic amines is 1. The van der Waals surface area contributed by atoms with Gasteiger partial charge in [0.05, 0.1) is 11.2 Å². The van der Waals surface area contributed by atoms with E-state index in [1.54, 1.807) is 11.6 Å². The van der Waals surface area contributed by atoms with Gasteiger partial charge in [-0.3, -0.25) is 14.2 Å². The van der Waals surface area contributed by atoms with Gasteiger partial charge in [-0.1, -0.05) is 48.0 Å². The van der Waals surface area contributed by atoms with Crippen molar-refractivity contribution in [2.24, 2.45) is 0 Å². The van der Waals surface area contributed by atoms with Crippen molar-refractivity contribution < 1.29 is 4.39 Å².